The summed E-state index contributed by atoms with van der Waals surface area (Å²) in [5.41, 5.74) is -3.90. The number of halogens is 5. The molecule has 10 heteroatoms. The molecule has 0 fully saturated rings. The van der Waals surface area contributed by atoms with Gasteiger partial charge in [0.2, 0.25) is 0 Å². The number of amides is 1. The van der Waals surface area contributed by atoms with Gasteiger partial charge in [0.05, 0.1) is 5.69 Å². The van der Waals surface area contributed by atoms with Crippen LogP contribution in [0.2, 0.25) is 10.3 Å². The Bertz CT molecular complexity index is 661. The second-order valence-electron chi connectivity index (χ2n) is 6.40. The lowest BCUT2D eigenvalue weighted by atomic mass is 9.85. The smallest absolute Gasteiger partial charge is 0.414 e. The van der Waals surface area contributed by atoms with Crippen LogP contribution in [0.15, 0.2) is 0 Å². The zero-order valence-corrected chi connectivity index (χ0v) is 14.3. The van der Waals surface area contributed by atoms with E-state index < -0.39 is 35.0 Å². The van der Waals surface area contributed by atoms with E-state index in [9.17, 15) is 18.0 Å². The van der Waals surface area contributed by atoms with E-state index >= 15 is 0 Å². The first-order valence-electron chi connectivity index (χ1n) is 6.57. The molecule has 0 N–H and O–H groups in total. The van der Waals surface area contributed by atoms with Crippen molar-refractivity contribution in [2.24, 2.45) is 0 Å². The summed E-state index contributed by atoms with van der Waals surface area (Å²) in [6.45, 7) is 5.02. The molecule has 0 saturated carbocycles. The molecule has 0 aromatic carbocycles. The largest absolute Gasteiger partial charge is 0.443 e. The average molecular weight is 372 g/mol. The van der Waals surface area contributed by atoms with E-state index in [0.29, 0.717) is 0 Å². The lowest BCUT2D eigenvalue weighted by Gasteiger charge is -2.29. The van der Waals surface area contributed by atoms with Gasteiger partial charge in [-0.3, -0.25) is 4.90 Å². The summed E-state index contributed by atoms with van der Waals surface area (Å²) >= 11 is 11.7. The molecule has 1 atom stereocenters. The fourth-order valence-corrected chi connectivity index (χ4v) is 2.87. The van der Waals surface area contributed by atoms with Crippen molar-refractivity contribution in [1.29, 1.82) is 0 Å². The fraction of sp³-hybridized carbons (Fsp3) is 0.615. The molecule has 0 aliphatic carbocycles. The van der Waals surface area contributed by atoms with Crippen molar-refractivity contribution in [3.8, 4) is 0 Å². The van der Waals surface area contributed by atoms with Crippen molar-refractivity contribution >= 4 is 35.0 Å². The van der Waals surface area contributed by atoms with E-state index in [2.05, 4.69) is 10.2 Å². The molecule has 128 valence electrons. The quantitative estimate of drug-likeness (QED) is 0.679. The number of fused-ring (bicyclic) bond motifs is 1. The Kier molecular flexibility index (Phi) is 4.22. The molecule has 1 unspecified atom stereocenters. The number of ether oxygens (including phenoxy) is 1. The number of hydrogen-bond acceptors (Lipinski definition) is 4. The Labute approximate surface area is 140 Å². The molecule has 0 radical (unpaired) electrons. The zero-order chi connectivity index (χ0) is 17.8. The standard InChI is InChI=1S/C13H14Cl2F3N3O2/c1-11(2,3)23-10(22)21-5-12(4,13(16,17)18)6-7(21)9(15)20-19-8(6)14/h5H2,1-4H3. The van der Waals surface area contributed by atoms with Crippen molar-refractivity contribution < 1.29 is 22.7 Å². The van der Waals surface area contributed by atoms with Gasteiger partial charge < -0.3 is 4.74 Å². The molecule has 23 heavy (non-hydrogen) atoms. The van der Waals surface area contributed by atoms with Crippen LogP contribution in [-0.2, 0) is 10.2 Å². The third-order valence-electron chi connectivity index (χ3n) is 3.40. The van der Waals surface area contributed by atoms with Gasteiger partial charge in [-0.15, -0.1) is 10.2 Å². The number of alkyl halides is 3. The Morgan fingerprint density at radius 2 is 1.74 bits per heavy atom. The van der Waals surface area contributed by atoms with Gasteiger partial charge in [0.25, 0.3) is 0 Å². The SMILES string of the molecule is CC(C)(C)OC(=O)N1CC(C)(C(F)(F)F)c2c(Cl)nnc(Cl)c21. The van der Waals surface area contributed by atoms with Crippen molar-refractivity contribution in [3.05, 3.63) is 15.9 Å². The fourth-order valence-electron chi connectivity index (χ4n) is 2.30. The van der Waals surface area contributed by atoms with Gasteiger partial charge in [0.15, 0.2) is 10.3 Å². The summed E-state index contributed by atoms with van der Waals surface area (Å²) in [5.74, 6) is 0. The summed E-state index contributed by atoms with van der Waals surface area (Å²) in [7, 11) is 0. The van der Waals surface area contributed by atoms with E-state index in [-0.39, 0.29) is 16.4 Å². The normalized spacial score (nSPS) is 21.3. The first-order valence-corrected chi connectivity index (χ1v) is 7.33. The molecule has 1 aliphatic rings. The maximum Gasteiger partial charge on any atom is 0.414 e. The minimum Gasteiger partial charge on any atom is -0.443 e. The third kappa shape index (κ3) is 3.06. The second kappa shape index (κ2) is 5.37. The summed E-state index contributed by atoms with van der Waals surface area (Å²) in [5, 5.41) is 6.13. The number of anilines is 1. The maximum atomic E-state index is 13.6. The van der Waals surface area contributed by atoms with E-state index in [4.69, 9.17) is 27.9 Å². The molecule has 1 aliphatic heterocycles. The molecule has 0 bridgehead atoms. The zero-order valence-electron chi connectivity index (χ0n) is 12.8. The van der Waals surface area contributed by atoms with Crippen LogP contribution in [0.1, 0.15) is 33.3 Å². The summed E-state index contributed by atoms with van der Waals surface area (Å²) in [6, 6.07) is 0. The predicted octanol–water partition coefficient (Wildman–Crippen LogP) is 4.36. The number of rotatable bonds is 0. The first-order chi connectivity index (χ1) is 10.3. The highest BCUT2D eigenvalue weighted by Gasteiger charge is 2.61. The number of carbonyl (C=O) groups excluding carboxylic acids is 1. The van der Waals surface area contributed by atoms with Crippen LogP contribution >= 0.6 is 23.2 Å². The van der Waals surface area contributed by atoms with Crippen LogP contribution in [0.25, 0.3) is 0 Å². The monoisotopic (exact) mass is 371 g/mol. The molecule has 2 rings (SSSR count). The Morgan fingerprint density at radius 1 is 1.22 bits per heavy atom. The molecule has 0 saturated heterocycles. The predicted molar refractivity (Wildman–Crippen MR) is 79.0 cm³/mol. The van der Waals surface area contributed by atoms with Gasteiger partial charge in [-0.25, -0.2) is 4.79 Å². The maximum absolute atomic E-state index is 13.6. The number of nitrogens with zero attached hydrogens (tertiary/aromatic N) is 3. The van der Waals surface area contributed by atoms with E-state index in [0.717, 1.165) is 11.8 Å². The number of aromatic nitrogens is 2. The minimum atomic E-state index is -4.67. The first kappa shape index (κ1) is 18.1. The molecular weight excluding hydrogens is 358 g/mol. The molecule has 5 nitrogen and oxygen atoms in total. The molecule has 1 aromatic rings. The molecule has 2 heterocycles. The lowest BCUT2D eigenvalue weighted by molar-refractivity contribution is -0.180. The van der Waals surface area contributed by atoms with Gasteiger partial charge >= 0.3 is 12.3 Å². The summed E-state index contributed by atoms with van der Waals surface area (Å²) < 4.78 is 45.9. The van der Waals surface area contributed by atoms with Crippen LogP contribution < -0.4 is 4.90 Å². The van der Waals surface area contributed by atoms with Crippen LogP contribution in [0.4, 0.5) is 23.7 Å². The van der Waals surface area contributed by atoms with Gasteiger partial charge in [-0.2, -0.15) is 13.2 Å². The van der Waals surface area contributed by atoms with E-state index in [1.807, 2.05) is 0 Å². The third-order valence-corrected chi connectivity index (χ3v) is 3.92. The van der Waals surface area contributed by atoms with Crippen molar-refractivity contribution in [1.82, 2.24) is 10.2 Å². The Hall–Kier alpha value is -1.28. The van der Waals surface area contributed by atoms with Crippen molar-refractivity contribution in [2.75, 3.05) is 11.4 Å². The molecule has 1 amide bonds. The highest BCUT2D eigenvalue weighted by Crippen LogP contribution is 2.53. The van der Waals surface area contributed by atoms with Crippen LogP contribution in [-0.4, -0.2) is 34.6 Å². The summed E-state index contributed by atoms with van der Waals surface area (Å²) in [6.07, 6.45) is -5.63. The average Bonchev–Trinajstić information content (AvgIpc) is 2.68. The van der Waals surface area contributed by atoms with Crippen molar-refractivity contribution in [2.45, 2.75) is 44.9 Å². The highest BCUT2D eigenvalue weighted by atomic mass is 35.5. The van der Waals surface area contributed by atoms with Crippen LogP contribution in [0.5, 0.6) is 0 Å². The summed E-state index contributed by atoms with van der Waals surface area (Å²) in [4.78, 5) is 13.1. The topological polar surface area (TPSA) is 55.3 Å². The van der Waals surface area contributed by atoms with E-state index in [1.165, 1.54) is 0 Å². The molecule has 1 aromatic heterocycles. The minimum absolute atomic E-state index is 0.222. The molecule has 0 spiro atoms. The van der Waals surface area contributed by atoms with Crippen molar-refractivity contribution in [3.63, 3.8) is 0 Å². The molecular formula is C13H14Cl2F3N3O2. The van der Waals surface area contributed by atoms with Gasteiger partial charge in [-0.1, -0.05) is 23.2 Å². The van der Waals surface area contributed by atoms with Gasteiger partial charge in [-0.05, 0) is 27.7 Å². The van der Waals surface area contributed by atoms with E-state index in [1.54, 1.807) is 20.8 Å². The Morgan fingerprint density at radius 3 is 2.22 bits per heavy atom. The second-order valence-corrected chi connectivity index (χ2v) is 7.12. The number of hydrogen-bond donors (Lipinski definition) is 0. The van der Waals surface area contributed by atoms with Gasteiger partial charge in [0.1, 0.15) is 11.0 Å². The highest BCUT2D eigenvalue weighted by molar-refractivity contribution is 6.35. The van der Waals surface area contributed by atoms with Crippen LogP contribution in [0, 0.1) is 0 Å². The van der Waals surface area contributed by atoms with Gasteiger partial charge in [0, 0.05) is 12.1 Å². The lowest BCUT2D eigenvalue weighted by Crippen LogP contribution is -2.46. The van der Waals surface area contributed by atoms with Crippen LogP contribution in [0.3, 0.4) is 0 Å². The Balaban J connectivity index is 2.61. The number of carbonyl (C=O) groups is 1.